The van der Waals surface area contributed by atoms with Crippen molar-refractivity contribution < 1.29 is 14.7 Å². The Balaban J connectivity index is 2.43. The molecule has 2 aliphatic rings. The Morgan fingerprint density at radius 1 is 1.67 bits per heavy atom. The second-order valence-corrected chi connectivity index (χ2v) is 2.76. The minimum absolute atomic E-state index is 0.0394. The molecule has 2 N–H and O–H groups in total. The molecule has 2 aliphatic heterocycles. The lowest BCUT2D eigenvalue weighted by atomic mass is 9.94. The van der Waals surface area contributed by atoms with Crippen LogP contribution in [0.2, 0.25) is 0 Å². The molecule has 12 heavy (non-hydrogen) atoms. The number of esters is 1. The lowest BCUT2D eigenvalue weighted by Gasteiger charge is -2.18. The Labute approximate surface area is 67.9 Å². The van der Waals surface area contributed by atoms with Crippen molar-refractivity contribution >= 4 is 17.6 Å². The third kappa shape index (κ3) is 0.678. The molecule has 6 heteroatoms. The first kappa shape index (κ1) is 7.38. The maximum absolute atomic E-state index is 10.9. The summed E-state index contributed by atoms with van der Waals surface area (Å²) in [4.78, 5) is 10.9. The predicted octanol–water partition coefficient (Wildman–Crippen LogP) is -0.561. The summed E-state index contributed by atoms with van der Waals surface area (Å²) < 4.78 is 4.72. The highest BCUT2D eigenvalue weighted by atomic mass is 16.6. The van der Waals surface area contributed by atoms with Gasteiger partial charge in [0.15, 0.2) is 5.54 Å². The topological polar surface area (TPSA) is 83.3 Å². The molecule has 1 unspecified atom stereocenters. The molecule has 2 heterocycles. The number of nitrogens with one attached hydrogen (secondary N) is 1. The largest absolute Gasteiger partial charge is 0.407 e. The summed E-state index contributed by atoms with van der Waals surface area (Å²) in [6.45, 7) is 1.67. The minimum Gasteiger partial charge on any atom is -0.407 e. The van der Waals surface area contributed by atoms with Crippen molar-refractivity contribution in [3.05, 3.63) is 0 Å². The van der Waals surface area contributed by atoms with E-state index in [0.29, 0.717) is 5.71 Å². The van der Waals surface area contributed by atoms with Crippen molar-refractivity contribution in [2.45, 2.75) is 18.9 Å². The Kier molecular flexibility index (Phi) is 1.30. The molecule has 1 saturated heterocycles. The van der Waals surface area contributed by atoms with Crippen LogP contribution < -0.4 is 5.48 Å². The van der Waals surface area contributed by atoms with E-state index in [1.54, 1.807) is 6.92 Å². The van der Waals surface area contributed by atoms with Gasteiger partial charge in [-0.3, -0.25) is 4.79 Å². The fourth-order valence-electron chi connectivity index (χ4n) is 1.29. The molecule has 0 bridgehead atoms. The zero-order valence-corrected chi connectivity index (χ0v) is 6.37. The van der Waals surface area contributed by atoms with Gasteiger partial charge in [0.2, 0.25) is 5.90 Å². The third-order valence-electron chi connectivity index (χ3n) is 2.08. The Morgan fingerprint density at radius 2 is 2.42 bits per heavy atom. The van der Waals surface area contributed by atoms with Gasteiger partial charge < -0.3 is 9.94 Å². The Morgan fingerprint density at radius 3 is 3.00 bits per heavy atom. The minimum atomic E-state index is -0.989. The van der Waals surface area contributed by atoms with Gasteiger partial charge in [-0.1, -0.05) is 0 Å². The van der Waals surface area contributed by atoms with Crippen LogP contribution in [0.5, 0.6) is 0 Å². The summed E-state index contributed by atoms with van der Waals surface area (Å²) in [7, 11) is 0. The van der Waals surface area contributed by atoms with Crippen LogP contribution in [0.15, 0.2) is 10.2 Å². The van der Waals surface area contributed by atoms with Crippen LogP contribution in [0.3, 0.4) is 0 Å². The van der Waals surface area contributed by atoms with E-state index in [2.05, 4.69) is 10.2 Å². The van der Waals surface area contributed by atoms with E-state index in [9.17, 15) is 4.79 Å². The van der Waals surface area contributed by atoms with Gasteiger partial charge in [-0.05, 0) is 6.92 Å². The third-order valence-corrected chi connectivity index (χ3v) is 2.08. The molecule has 0 aliphatic carbocycles. The van der Waals surface area contributed by atoms with Crippen molar-refractivity contribution in [3.63, 3.8) is 0 Å². The van der Waals surface area contributed by atoms with Gasteiger partial charge in [-0.25, -0.2) is 0 Å². The molecule has 0 aromatic carbocycles. The lowest BCUT2D eigenvalue weighted by Crippen LogP contribution is -2.51. The number of nitrogens with zero attached hydrogens (tertiary/aromatic N) is 2. The molecular formula is C6H7N3O3. The summed E-state index contributed by atoms with van der Waals surface area (Å²) in [5.74, 6) is -0.281. The first-order chi connectivity index (χ1) is 5.69. The predicted molar refractivity (Wildman–Crippen MR) is 38.9 cm³/mol. The van der Waals surface area contributed by atoms with Crippen LogP contribution in [0.25, 0.3) is 0 Å². The Hall–Kier alpha value is -1.27. The normalized spacial score (nSPS) is 32.7. The number of hydrogen-bond donors (Lipinski definition) is 2. The number of ether oxygens (including phenoxy) is 1. The number of hydrogen-bond acceptors (Lipinski definition) is 6. The number of rotatable bonds is 1. The first-order valence-electron chi connectivity index (χ1n) is 3.44. The second-order valence-electron chi connectivity index (χ2n) is 2.76. The van der Waals surface area contributed by atoms with Crippen LogP contribution in [-0.4, -0.2) is 28.3 Å². The molecular weight excluding hydrogens is 162 g/mol. The molecule has 0 amide bonds. The van der Waals surface area contributed by atoms with E-state index >= 15 is 0 Å². The summed E-state index contributed by atoms with van der Waals surface area (Å²) in [5, 5.41) is 16.2. The average Bonchev–Trinajstić information content (AvgIpc) is 2.50. The molecule has 1 fully saturated rings. The monoisotopic (exact) mass is 169 g/mol. The van der Waals surface area contributed by atoms with Gasteiger partial charge >= 0.3 is 5.97 Å². The molecule has 0 radical (unpaired) electrons. The zero-order chi connectivity index (χ0) is 8.77. The standard InChI is InChI=1S/C6H7N3O3/c1-3-6(9-11)2-4(10)12-5(6)8-7-3/h9,11H,2H2,1H3. The smallest absolute Gasteiger partial charge is 0.315 e. The molecule has 2 rings (SSSR count). The van der Waals surface area contributed by atoms with E-state index in [1.165, 1.54) is 0 Å². The van der Waals surface area contributed by atoms with E-state index in [1.807, 2.05) is 5.48 Å². The highest BCUT2D eigenvalue weighted by molar-refractivity contribution is 6.21. The zero-order valence-electron chi connectivity index (χ0n) is 6.37. The van der Waals surface area contributed by atoms with Gasteiger partial charge in [0, 0.05) is 0 Å². The van der Waals surface area contributed by atoms with Crippen molar-refractivity contribution in [1.29, 1.82) is 0 Å². The van der Waals surface area contributed by atoms with Crippen molar-refractivity contribution in [1.82, 2.24) is 5.48 Å². The number of fused-ring (bicyclic) bond motifs is 1. The van der Waals surface area contributed by atoms with Crippen LogP contribution >= 0.6 is 0 Å². The van der Waals surface area contributed by atoms with Gasteiger partial charge in [0.25, 0.3) is 0 Å². The van der Waals surface area contributed by atoms with Gasteiger partial charge in [-0.2, -0.15) is 10.6 Å². The van der Waals surface area contributed by atoms with Crippen LogP contribution in [-0.2, 0) is 9.53 Å². The van der Waals surface area contributed by atoms with E-state index < -0.39 is 11.5 Å². The van der Waals surface area contributed by atoms with Crippen LogP contribution in [0, 0.1) is 0 Å². The van der Waals surface area contributed by atoms with E-state index in [0.717, 1.165) is 0 Å². The molecule has 1 atom stereocenters. The molecule has 0 spiro atoms. The maximum atomic E-state index is 10.9. The van der Waals surface area contributed by atoms with Gasteiger partial charge in [0.1, 0.15) is 0 Å². The van der Waals surface area contributed by atoms with Crippen LogP contribution in [0.1, 0.15) is 13.3 Å². The van der Waals surface area contributed by atoms with Crippen LogP contribution in [0.4, 0.5) is 0 Å². The maximum Gasteiger partial charge on any atom is 0.315 e. The summed E-state index contributed by atoms with van der Waals surface area (Å²) in [6, 6.07) is 0. The lowest BCUT2D eigenvalue weighted by molar-refractivity contribution is -0.133. The van der Waals surface area contributed by atoms with Gasteiger partial charge in [0.05, 0.1) is 12.1 Å². The summed E-state index contributed by atoms with van der Waals surface area (Å²) >= 11 is 0. The van der Waals surface area contributed by atoms with Crippen molar-refractivity contribution in [2.75, 3.05) is 0 Å². The number of carbonyl (C=O) groups is 1. The van der Waals surface area contributed by atoms with Crippen molar-refractivity contribution in [3.8, 4) is 0 Å². The molecule has 0 saturated carbocycles. The number of hydroxylamine groups is 1. The molecule has 64 valence electrons. The second kappa shape index (κ2) is 2.11. The highest BCUT2D eigenvalue weighted by Crippen LogP contribution is 2.28. The highest BCUT2D eigenvalue weighted by Gasteiger charge is 2.52. The fourth-order valence-corrected chi connectivity index (χ4v) is 1.29. The van der Waals surface area contributed by atoms with E-state index in [4.69, 9.17) is 9.94 Å². The molecule has 0 aromatic heterocycles. The number of carbonyl (C=O) groups excluding carboxylic acids is 1. The van der Waals surface area contributed by atoms with Gasteiger partial charge in [-0.15, -0.1) is 5.10 Å². The van der Waals surface area contributed by atoms with E-state index in [-0.39, 0.29) is 12.3 Å². The average molecular weight is 169 g/mol. The SMILES string of the molecule is CC1=NN=C2OC(=O)CC12NO. The summed E-state index contributed by atoms with van der Waals surface area (Å²) in [5.41, 5.74) is 1.56. The molecule has 6 nitrogen and oxygen atoms in total. The molecule has 0 aromatic rings. The fraction of sp³-hybridized carbons (Fsp3) is 0.500. The quantitative estimate of drug-likeness (QED) is 0.407. The Bertz CT molecular complexity index is 309. The van der Waals surface area contributed by atoms with Crippen molar-refractivity contribution in [2.24, 2.45) is 10.2 Å². The first-order valence-corrected chi connectivity index (χ1v) is 3.44. The summed E-state index contributed by atoms with van der Waals surface area (Å²) in [6.07, 6.45) is 0.0394.